The van der Waals surface area contributed by atoms with Crippen molar-refractivity contribution < 1.29 is 33.4 Å². The first-order chi connectivity index (χ1) is 11.0. The van der Waals surface area contributed by atoms with Crippen molar-refractivity contribution in [2.24, 2.45) is 0 Å². The van der Waals surface area contributed by atoms with Gasteiger partial charge in [0.25, 0.3) is 5.78 Å². The van der Waals surface area contributed by atoms with E-state index in [0.29, 0.717) is 5.56 Å². The van der Waals surface area contributed by atoms with E-state index in [1.54, 1.807) is 30.3 Å². The highest BCUT2D eigenvalue weighted by molar-refractivity contribution is 6.39. The maximum absolute atomic E-state index is 11.7. The van der Waals surface area contributed by atoms with Crippen LogP contribution in [0.1, 0.15) is 12.0 Å². The van der Waals surface area contributed by atoms with Crippen LogP contribution in [-0.4, -0.2) is 44.0 Å². The van der Waals surface area contributed by atoms with Crippen molar-refractivity contribution in [1.29, 1.82) is 0 Å². The van der Waals surface area contributed by atoms with Gasteiger partial charge in [0.1, 0.15) is 0 Å². The first-order valence-electron chi connectivity index (χ1n) is 6.60. The molecule has 1 aromatic carbocycles. The highest BCUT2D eigenvalue weighted by atomic mass is 16.6. The van der Waals surface area contributed by atoms with Gasteiger partial charge in [-0.15, -0.1) is 0 Å². The molecule has 0 radical (unpaired) electrons. The molecule has 0 aliphatic carbocycles. The van der Waals surface area contributed by atoms with Gasteiger partial charge in [0.05, 0.1) is 20.6 Å². The molecule has 0 aliphatic heterocycles. The van der Waals surface area contributed by atoms with Gasteiger partial charge < -0.3 is 14.2 Å². The molecule has 23 heavy (non-hydrogen) atoms. The Kier molecular flexibility index (Phi) is 7.19. The zero-order chi connectivity index (χ0) is 17.2. The lowest BCUT2D eigenvalue weighted by atomic mass is 10.2. The lowest BCUT2D eigenvalue weighted by Gasteiger charge is -2.13. The van der Waals surface area contributed by atoms with E-state index >= 15 is 0 Å². The van der Waals surface area contributed by atoms with Crippen molar-refractivity contribution in [3.63, 3.8) is 0 Å². The molecule has 1 aromatic rings. The molecule has 7 nitrogen and oxygen atoms in total. The lowest BCUT2D eigenvalue weighted by molar-refractivity contribution is -0.171. The van der Waals surface area contributed by atoms with Crippen molar-refractivity contribution >= 4 is 29.8 Å². The van der Waals surface area contributed by atoms with Gasteiger partial charge in [-0.2, -0.15) is 0 Å². The normalized spacial score (nSPS) is 11.6. The van der Waals surface area contributed by atoms with E-state index in [-0.39, 0.29) is 0 Å². The van der Waals surface area contributed by atoms with Crippen LogP contribution in [0.4, 0.5) is 0 Å². The third-order valence-electron chi connectivity index (χ3n) is 2.72. The summed E-state index contributed by atoms with van der Waals surface area (Å²) in [7, 11) is 2.18. The van der Waals surface area contributed by atoms with Crippen LogP contribution < -0.4 is 0 Å². The maximum atomic E-state index is 11.7. The van der Waals surface area contributed by atoms with Gasteiger partial charge in [0, 0.05) is 0 Å². The molecule has 0 fully saturated rings. The number of hydrogen-bond acceptors (Lipinski definition) is 7. The molecule has 1 atom stereocenters. The molecule has 0 saturated heterocycles. The number of esters is 3. The molecule has 0 spiro atoms. The SMILES string of the molecule is COC(=O)C[C@H](OC(=O)C(=O)/C=C/c1ccccc1)C(=O)OC. The molecule has 0 amide bonds. The van der Waals surface area contributed by atoms with E-state index in [9.17, 15) is 19.2 Å². The Morgan fingerprint density at radius 2 is 1.70 bits per heavy atom. The summed E-state index contributed by atoms with van der Waals surface area (Å²) in [6.07, 6.45) is 0.375. The smallest absolute Gasteiger partial charge is 0.379 e. The Morgan fingerprint density at radius 1 is 1.04 bits per heavy atom. The Balaban J connectivity index is 2.70. The van der Waals surface area contributed by atoms with E-state index in [1.807, 2.05) is 0 Å². The largest absolute Gasteiger partial charge is 0.469 e. The first-order valence-corrected chi connectivity index (χ1v) is 6.60. The van der Waals surface area contributed by atoms with Gasteiger partial charge in [0.15, 0.2) is 0 Å². The molecular weight excluding hydrogens is 304 g/mol. The number of carbonyl (C=O) groups is 4. The molecule has 122 valence electrons. The predicted molar refractivity (Wildman–Crippen MR) is 79.0 cm³/mol. The highest BCUT2D eigenvalue weighted by Gasteiger charge is 2.29. The highest BCUT2D eigenvalue weighted by Crippen LogP contribution is 2.06. The Morgan fingerprint density at radius 3 is 2.26 bits per heavy atom. The number of carbonyl (C=O) groups excluding carboxylic acids is 4. The summed E-state index contributed by atoms with van der Waals surface area (Å²) >= 11 is 0. The fraction of sp³-hybridized carbons (Fsp3) is 0.250. The van der Waals surface area contributed by atoms with Crippen molar-refractivity contribution in [2.75, 3.05) is 14.2 Å². The van der Waals surface area contributed by atoms with Gasteiger partial charge in [-0.1, -0.05) is 36.4 Å². The minimum Gasteiger partial charge on any atom is -0.469 e. The second-order valence-corrected chi connectivity index (χ2v) is 4.31. The quantitative estimate of drug-likeness (QED) is 0.319. The molecule has 0 bridgehead atoms. The lowest BCUT2D eigenvalue weighted by Crippen LogP contribution is -2.33. The third kappa shape index (κ3) is 6.13. The summed E-state index contributed by atoms with van der Waals surface area (Å²) < 4.78 is 13.5. The number of ketones is 1. The van der Waals surface area contributed by atoms with Crippen LogP contribution in [0, 0.1) is 0 Å². The zero-order valence-corrected chi connectivity index (χ0v) is 12.7. The summed E-state index contributed by atoms with van der Waals surface area (Å²) in [4.78, 5) is 46.0. The van der Waals surface area contributed by atoms with Crippen LogP contribution >= 0.6 is 0 Å². The Hall–Kier alpha value is -2.96. The van der Waals surface area contributed by atoms with Gasteiger partial charge >= 0.3 is 17.9 Å². The minimum absolute atomic E-state index is 0.537. The zero-order valence-electron chi connectivity index (χ0n) is 12.7. The van der Waals surface area contributed by atoms with E-state index < -0.39 is 36.2 Å². The number of rotatable bonds is 7. The second kappa shape index (κ2) is 9.14. The molecule has 7 heteroatoms. The molecule has 0 aromatic heterocycles. The van der Waals surface area contributed by atoms with E-state index in [2.05, 4.69) is 9.47 Å². The Bertz CT molecular complexity index is 604. The predicted octanol–water partition coefficient (Wildman–Crippen LogP) is 0.917. The summed E-state index contributed by atoms with van der Waals surface area (Å²) in [6, 6.07) is 8.83. The topological polar surface area (TPSA) is 96.0 Å². The van der Waals surface area contributed by atoms with Crippen LogP contribution in [0.5, 0.6) is 0 Å². The van der Waals surface area contributed by atoms with Gasteiger partial charge in [-0.25, -0.2) is 9.59 Å². The number of methoxy groups -OCH3 is 2. The van der Waals surface area contributed by atoms with Crippen LogP contribution in [0.2, 0.25) is 0 Å². The second-order valence-electron chi connectivity index (χ2n) is 4.31. The number of hydrogen-bond donors (Lipinski definition) is 0. The van der Waals surface area contributed by atoms with Crippen LogP contribution in [-0.2, 0) is 33.4 Å². The molecule has 0 saturated carbocycles. The van der Waals surface area contributed by atoms with Crippen molar-refractivity contribution in [3.8, 4) is 0 Å². The first kappa shape index (κ1) is 18.1. The summed E-state index contributed by atoms with van der Waals surface area (Å²) in [5.74, 6) is -3.96. The molecule has 0 unspecified atom stereocenters. The van der Waals surface area contributed by atoms with Gasteiger partial charge in [-0.3, -0.25) is 9.59 Å². The van der Waals surface area contributed by atoms with Gasteiger partial charge in [-0.05, 0) is 11.6 Å². The molecule has 0 N–H and O–H groups in total. The van der Waals surface area contributed by atoms with Crippen LogP contribution in [0.3, 0.4) is 0 Å². The third-order valence-corrected chi connectivity index (χ3v) is 2.72. The van der Waals surface area contributed by atoms with Crippen molar-refractivity contribution in [2.45, 2.75) is 12.5 Å². The van der Waals surface area contributed by atoms with Crippen molar-refractivity contribution in [3.05, 3.63) is 42.0 Å². The van der Waals surface area contributed by atoms with E-state index in [1.165, 1.54) is 6.08 Å². The number of ether oxygens (including phenoxy) is 3. The maximum Gasteiger partial charge on any atom is 0.379 e. The summed E-state index contributed by atoms with van der Waals surface area (Å²) in [5, 5.41) is 0. The van der Waals surface area contributed by atoms with Crippen LogP contribution in [0.25, 0.3) is 6.08 Å². The fourth-order valence-electron chi connectivity index (χ4n) is 1.53. The Labute approximate surface area is 132 Å². The average Bonchev–Trinajstić information content (AvgIpc) is 2.58. The van der Waals surface area contributed by atoms with Crippen LogP contribution in [0.15, 0.2) is 36.4 Å². The van der Waals surface area contributed by atoms with Gasteiger partial charge in [0.2, 0.25) is 6.10 Å². The molecular formula is C16H16O7. The minimum atomic E-state index is -1.53. The molecule has 1 rings (SSSR count). The fourth-order valence-corrected chi connectivity index (χ4v) is 1.53. The standard InChI is InChI=1S/C16H16O7/c1-21-14(18)10-13(16(20)22-2)23-15(19)12(17)9-8-11-6-4-3-5-7-11/h3-9,13H,10H2,1-2H3/b9-8+/t13-/m0/s1. The monoisotopic (exact) mass is 320 g/mol. The number of benzene rings is 1. The van der Waals surface area contributed by atoms with E-state index in [4.69, 9.17) is 4.74 Å². The van der Waals surface area contributed by atoms with E-state index in [0.717, 1.165) is 20.3 Å². The summed E-state index contributed by atoms with van der Waals surface area (Å²) in [6.45, 7) is 0. The molecule has 0 heterocycles. The molecule has 0 aliphatic rings. The average molecular weight is 320 g/mol. The van der Waals surface area contributed by atoms with Crippen molar-refractivity contribution in [1.82, 2.24) is 0 Å². The summed E-state index contributed by atoms with van der Waals surface area (Å²) in [5.41, 5.74) is 0.715.